The number of fused-ring (bicyclic) bond motifs is 1. The van der Waals surface area contributed by atoms with Gasteiger partial charge in [0.05, 0.1) is 17.8 Å². The Hall–Kier alpha value is -3.81. The number of carbonyl (C=O) groups is 1. The summed E-state index contributed by atoms with van der Waals surface area (Å²) in [6.07, 6.45) is 0. The smallest absolute Gasteiger partial charge is 0.358 e. The summed E-state index contributed by atoms with van der Waals surface area (Å²) in [5.74, 6) is 1.40. The standard InChI is InChI=1S/C23H24N6O2/c1-6-31-23(30)18-7-8-19(27-26-18)24-21-12-16(5)28-29(21)20-11-14(3)17-10-13(2)9-15(4)22(17)25-20/h7-12H,6H2,1-5H3,(H,24,27). The fourth-order valence-corrected chi connectivity index (χ4v) is 3.54. The van der Waals surface area contributed by atoms with Crippen LogP contribution in [0.4, 0.5) is 11.6 Å². The summed E-state index contributed by atoms with van der Waals surface area (Å²) in [7, 11) is 0. The van der Waals surface area contributed by atoms with Crippen LogP contribution in [0.15, 0.2) is 36.4 Å². The van der Waals surface area contributed by atoms with Crippen molar-refractivity contribution in [1.29, 1.82) is 0 Å². The first-order valence-electron chi connectivity index (χ1n) is 10.1. The first kappa shape index (κ1) is 20.5. The van der Waals surface area contributed by atoms with Crippen molar-refractivity contribution in [1.82, 2.24) is 25.0 Å². The molecule has 0 atom stereocenters. The molecule has 0 aliphatic carbocycles. The number of aromatic nitrogens is 5. The molecule has 158 valence electrons. The largest absolute Gasteiger partial charge is 0.461 e. The highest BCUT2D eigenvalue weighted by molar-refractivity contribution is 5.87. The van der Waals surface area contributed by atoms with E-state index in [2.05, 4.69) is 53.5 Å². The minimum Gasteiger partial charge on any atom is -0.461 e. The maximum Gasteiger partial charge on any atom is 0.358 e. The van der Waals surface area contributed by atoms with Crippen molar-refractivity contribution >= 4 is 28.5 Å². The van der Waals surface area contributed by atoms with Crippen LogP contribution in [0.5, 0.6) is 0 Å². The Bertz CT molecular complexity index is 1280. The summed E-state index contributed by atoms with van der Waals surface area (Å²) in [6.45, 7) is 10.2. The molecule has 0 saturated carbocycles. The molecule has 0 aliphatic heterocycles. The van der Waals surface area contributed by atoms with Crippen molar-refractivity contribution in [2.45, 2.75) is 34.6 Å². The predicted molar refractivity (Wildman–Crippen MR) is 119 cm³/mol. The normalized spacial score (nSPS) is 11.0. The molecule has 0 fully saturated rings. The maximum atomic E-state index is 11.8. The summed E-state index contributed by atoms with van der Waals surface area (Å²) in [6, 6.07) is 11.5. The zero-order valence-corrected chi connectivity index (χ0v) is 18.2. The third-order valence-corrected chi connectivity index (χ3v) is 4.90. The summed E-state index contributed by atoms with van der Waals surface area (Å²) in [5.41, 5.74) is 5.42. The highest BCUT2D eigenvalue weighted by atomic mass is 16.5. The van der Waals surface area contributed by atoms with Gasteiger partial charge in [-0.3, -0.25) is 0 Å². The summed E-state index contributed by atoms with van der Waals surface area (Å²) in [4.78, 5) is 16.7. The number of hydrogen-bond donors (Lipinski definition) is 1. The summed E-state index contributed by atoms with van der Waals surface area (Å²) < 4.78 is 6.70. The fraction of sp³-hybridized carbons (Fsp3) is 0.261. The van der Waals surface area contributed by atoms with Crippen LogP contribution < -0.4 is 5.32 Å². The molecule has 0 amide bonds. The molecule has 3 aromatic heterocycles. The second kappa shape index (κ2) is 8.14. The van der Waals surface area contributed by atoms with Crippen LogP contribution >= 0.6 is 0 Å². The van der Waals surface area contributed by atoms with Crippen molar-refractivity contribution in [2.75, 3.05) is 11.9 Å². The zero-order valence-electron chi connectivity index (χ0n) is 18.2. The van der Waals surface area contributed by atoms with Gasteiger partial charge >= 0.3 is 5.97 Å². The van der Waals surface area contributed by atoms with E-state index in [1.54, 1.807) is 23.7 Å². The molecule has 0 spiro atoms. The average Bonchev–Trinajstić information content (AvgIpc) is 3.09. The SMILES string of the molecule is CCOC(=O)c1ccc(Nc2cc(C)nn2-c2cc(C)c3cc(C)cc(C)c3n2)nn1. The van der Waals surface area contributed by atoms with Gasteiger partial charge in [0.1, 0.15) is 5.82 Å². The molecule has 0 aliphatic rings. The van der Waals surface area contributed by atoms with E-state index in [1.165, 1.54) is 5.56 Å². The van der Waals surface area contributed by atoms with E-state index in [0.717, 1.165) is 27.7 Å². The van der Waals surface area contributed by atoms with Gasteiger partial charge in [0.15, 0.2) is 17.3 Å². The van der Waals surface area contributed by atoms with E-state index < -0.39 is 5.97 Å². The van der Waals surface area contributed by atoms with Gasteiger partial charge in [-0.15, -0.1) is 10.2 Å². The van der Waals surface area contributed by atoms with Gasteiger partial charge < -0.3 is 10.1 Å². The van der Waals surface area contributed by atoms with Crippen molar-refractivity contribution in [2.24, 2.45) is 0 Å². The zero-order chi connectivity index (χ0) is 22.1. The molecular formula is C23H24N6O2. The number of carbonyl (C=O) groups excluding carboxylic acids is 1. The Morgan fingerprint density at radius 2 is 1.84 bits per heavy atom. The fourth-order valence-electron chi connectivity index (χ4n) is 3.54. The van der Waals surface area contributed by atoms with Gasteiger partial charge in [0, 0.05) is 11.5 Å². The van der Waals surface area contributed by atoms with Crippen LogP contribution in [0.2, 0.25) is 0 Å². The number of ether oxygens (including phenoxy) is 1. The molecule has 8 heteroatoms. The molecule has 31 heavy (non-hydrogen) atoms. The number of hydrogen-bond acceptors (Lipinski definition) is 7. The number of pyridine rings is 1. The first-order chi connectivity index (χ1) is 14.9. The second-order valence-electron chi connectivity index (χ2n) is 7.51. The number of benzene rings is 1. The second-order valence-corrected chi connectivity index (χ2v) is 7.51. The number of aryl methyl sites for hydroxylation is 4. The molecule has 0 radical (unpaired) electrons. The molecule has 4 aromatic rings. The molecule has 0 bridgehead atoms. The molecule has 4 rings (SSSR count). The van der Waals surface area contributed by atoms with Crippen LogP contribution in [0.25, 0.3) is 16.7 Å². The van der Waals surface area contributed by atoms with E-state index in [0.29, 0.717) is 17.5 Å². The molecule has 1 aromatic carbocycles. The summed E-state index contributed by atoms with van der Waals surface area (Å²) in [5, 5.41) is 17.0. The predicted octanol–water partition coefficient (Wildman–Crippen LogP) is 4.36. The lowest BCUT2D eigenvalue weighted by Gasteiger charge is -2.12. The van der Waals surface area contributed by atoms with Gasteiger partial charge in [0.2, 0.25) is 0 Å². The highest BCUT2D eigenvalue weighted by Crippen LogP contribution is 2.26. The average molecular weight is 416 g/mol. The van der Waals surface area contributed by atoms with E-state index in [4.69, 9.17) is 9.72 Å². The lowest BCUT2D eigenvalue weighted by molar-refractivity contribution is 0.0518. The number of anilines is 2. The van der Waals surface area contributed by atoms with Crippen LogP contribution in [-0.2, 0) is 4.74 Å². The van der Waals surface area contributed by atoms with E-state index >= 15 is 0 Å². The first-order valence-corrected chi connectivity index (χ1v) is 10.1. The lowest BCUT2D eigenvalue weighted by Crippen LogP contribution is -2.10. The minimum atomic E-state index is -0.496. The van der Waals surface area contributed by atoms with Gasteiger partial charge in [-0.05, 0) is 70.0 Å². The molecule has 8 nitrogen and oxygen atoms in total. The van der Waals surface area contributed by atoms with E-state index in [1.807, 2.05) is 19.1 Å². The molecular weight excluding hydrogens is 392 g/mol. The van der Waals surface area contributed by atoms with Crippen LogP contribution in [0.1, 0.15) is 39.8 Å². The monoisotopic (exact) mass is 416 g/mol. The third-order valence-electron chi connectivity index (χ3n) is 4.90. The minimum absolute atomic E-state index is 0.162. The Labute approximate surface area is 180 Å². The van der Waals surface area contributed by atoms with Crippen molar-refractivity contribution in [3.8, 4) is 5.82 Å². The number of esters is 1. The third kappa shape index (κ3) is 4.09. The maximum absolute atomic E-state index is 11.8. The van der Waals surface area contributed by atoms with E-state index in [9.17, 15) is 4.79 Å². The Morgan fingerprint density at radius 1 is 1.03 bits per heavy atom. The highest BCUT2D eigenvalue weighted by Gasteiger charge is 2.14. The number of nitrogens with one attached hydrogen (secondary N) is 1. The lowest BCUT2D eigenvalue weighted by atomic mass is 10.0. The van der Waals surface area contributed by atoms with Gasteiger partial charge in [0.25, 0.3) is 0 Å². The quantitative estimate of drug-likeness (QED) is 0.483. The molecule has 3 heterocycles. The summed E-state index contributed by atoms with van der Waals surface area (Å²) >= 11 is 0. The van der Waals surface area contributed by atoms with Gasteiger partial charge in [-0.1, -0.05) is 11.6 Å². The Kier molecular flexibility index (Phi) is 5.37. The van der Waals surface area contributed by atoms with Crippen molar-refractivity contribution in [3.63, 3.8) is 0 Å². The van der Waals surface area contributed by atoms with Crippen LogP contribution in [-0.4, -0.2) is 37.5 Å². The molecule has 0 unspecified atom stereocenters. The Morgan fingerprint density at radius 3 is 2.55 bits per heavy atom. The molecule has 0 saturated heterocycles. The number of rotatable bonds is 5. The number of nitrogens with zero attached hydrogens (tertiary/aromatic N) is 5. The van der Waals surface area contributed by atoms with E-state index in [-0.39, 0.29) is 12.3 Å². The van der Waals surface area contributed by atoms with Crippen molar-refractivity contribution in [3.05, 3.63) is 64.5 Å². The topological polar surface area (TPSA) is 94.8 Å². The Balaban J connectivity index is 1.70. The van der Waals surface area contributed by atoms with Crippen LogP contribution in [0.3, 0.4) is 0 Å². The van der Waals surface area contributed by atoms with Gasteiger partial charge in [-0.2, -0.15) is 9.78 Å². The molecule has 1 N–H and O–H groups in total. The van der Waals surface area contributed by atoms with Crippen LogP contribution in [0, 0.1) is 27.7 Å². The van der Waals surface area contributed by atoms with Gasteiger partial charge in [-0.25, -0.2) is 9.78 Å². The van der Waals surface area contributed by atoms with Crippen molar-refractivity contribution < 1.29 is 9.53 Å².